The summed E-state index contributed by atoms with van der Waals surface area (Å²) in [6, 6.07) is 0. The quantitative estimate of drug-likeness (QED) is 0.563. The molecule has 0 aromatic heterocycles. The Bertz CT molecular complexity index is 154. The molecule has 1 amide bonds. The third kappa shape index (κ3) is 11.7. The van der Waals surface area contributed by atoms with Crippen molar-refractivity contribution in [3.8, 4) is 0 Å². The van der Waals surface area contributed by atoms with Gasteiger partial charge in [0.25, 0.3) is 0 Å². The molecule has 4 heteroatoms. The van der Waals surface area contributed by atoms with E-state index in [1.807, 2.05) is 18.8 Å². The van der Waals surface area contributed by atoms with E-state index in [1.54, 1.807) is 0 Å². The van der Waals surface area contributed by atoms with Crippen LogP contribution in [0.5, 0.6) is 0 Å². The van der Waals surface area contributed by atoms with Gasteiger partial charge in [-0.1, -0.05) is 6.42 Å². The molecule has 0 spiro atoms. The minimum absolute atomic E-state index is 0.190. The van der Waals surface area contributed by atoms with Crippen molar-refractivity contribution < 1.29 is 4.79 Å². The van der Waals surface area contributed by atoms with Gasteiger partial charge >= 0.3 is 0 Å². The van der Waals surface area contributed by atoms with Crippen LogP contribution in [0.3, 0.4) is 0 Å². The number of thioether (sulfide) groups is 1. The van der Waals surface area contributed by atoms with Crippen LogP contribution in [-0.2, 0) is 4.79 Å². The lowest BCUT2D eigenvalue weighted by atomic mass is 10.2. The molecule has 0 bridgehead atoms. The highest BCUT2D eigenvalue weighted by atomic mass is 32.2. The first-order valence-electron chi connectivity index (χ1n) is 5.71. The summed E-state index contributed by atoms with van der Waals surface area (Å²) in [5.74, 6) is 1.42. The number of rotatable bonds is 10. The third-order valence-electron chi connectivity index (χ3n) is 2.18. The second-order valence-electron chi connectivity index (χ2n) is 3.61. The molecule has 3 nitrogen and oxygen atoms in total. The lowest BCUT2D eigenvalue weighted by Gasteiger charge is -2.04. The van der Waals surface area contributed by atoms with Crippen LogP contribution < -0.4 is 10.6 Å². The number of amides is 1. The van der Waals surface area contributed by atoms with Gasteiger partial charge in [-0.25, -0.2) is 0 Å². The van der Waals surface area contributed by atoms with E-state index in [0.717, 1.165) is 25.9 Å². The summed E-state index contributed by atoms with van der Waals surface area (Å²) in [6.07, 6.45) is 7.29. The molecule has 2 N–H and O–H groups in total. The van der Waals surface area contributed by atoms with Crippen LogP contribution in [0.15, 0.2) is 0 Å². The molecule has 0 aromatic carbocycles. The van der Waals surface area contributed by atoms with E-state index in [9.17, 15) is 4.79 Å². The molecule has 0 aliphatic heterocycles. The Morgan fingerprint density at radius 2 is 1.93 bits per heavy atom. The Hall–Kier alpha value is -0.220. The topological polar surface area (TPSA) is 41.1 Å². The van der Waals surface area contributed by atoms with E-state index >= 15 is 0 Å². The van der Waals surface area contributed by atoms with Crippen LogP contribution in [0, 0.1) is 0 Å². The zero-order chi connectivity index (χ0) is 11.4. The molecule has 0 radical (unpaired) electrons. The highest BCUT2D eigenvalue weighted by Gasteiger charge is 1.98. The summed E-state index contributed by atoms with van der Waals surface area (Å²) < 4.78 is 0. The van der Waals surface area contributed by atoms with E-state index in [-0.39, 0.29) is 5.91 Å². The lowest BCUT2D eigenvalue weighted by molar-refractivity contribution is -0.121. The number of hydrogen-bond acceptors (Lipinski definition) is 3. The first kappa shape index (κ1) is 14.8. The molecule has 0 saturated heterocycles. The van der Waals surface area contributed by atoms with Crippen LogP contribution in [-0.4, -0.2) is 38.1 Å². The average Bonchev–Trinajstić information content (AvgIpc) is 2.23. The Balaban J connectivity index is 3.10. The van der Waals surface area contributed by atoms with Gasteiger partial charge in [0.15, 0.2) is 0 Å². The number of carbonyl (C=O) groups excluding carboxylic acids is 1. The zero-order valence-corrected chi connectivity index (χ0v) is 10.8. The molecule has 0 atom stereocenters. The Morgan fingerprint density at radius 1 is 1.13 bits per heavy atom. The Morgan fingerprint density at radius 3 is 2.60 bits per heavy atom. The van der Waals surface area contributed by atoms with Gasteiger partial charge in [0.05, 0.1) is 0 Å². The van der Waals surface area contributed by atoms with Crippen LogP contribution in [0.1, 0.15) is 32.1 Å². The molecule has 0 aromatic rings. The monoisotopic (exact) mass is 232 g/mol. The van der Waals surface area contributed by atoms with Gasteiger partial charge in [-0.3, -0.25) is 4.79 Å². The Kier molecular flexibility index (Phi) is 11.7. The van der Waals surface area contributed by atoms with E-state index in [1.165, 1.54) is 18.6 Å². The number of nitrogens with one attached hydrogen (secondary N) is 2. The summed E-state index contributed by atoms with van der Waals surface area (Å²) in [5, 5.41) is 5.98. The molecular weight excluding hydrogens is 208 g/mol. The fourth-order valence-electron chi connectivity index (χ4n) is 1.29. The number of carbonyl (C=O) groups is 1. The molecule has 0 saturated carbocycles. The maximum atomic E-state index is 11.3. The van der Waals surface area contributed by atoms with Crippen molar-refractivity contribution in [2.45, 2.75) is 32.1 Å². The van der Waals surface area contributed by atoms with Crippen LogP contribution in [0.25, 0.3) is 0 Å². The van der Waals surface area contributed by atoms with Crippen LogP contribution in [0.2, 0.25) is 0 Å². The summed E-state index contributed by atoms with van der Waals surface area (Å²) in [6.45, 7) is 1.76. The van der Waals surface area contributed by atoms with Gasteiger partial charge in [0.2, 0.25) is 5.91 Å². The van der Waals surface area contributed by atoms with E-state index in [4.69, 9.17) is 0 Å². The standard InChI is InChI=1S/C11H24N2OS/c1-12-8-6-7-11(14)13-9-4-3-5-10-15-2/h12H,3-10H2,1-2H3,(H,13,14). The molecule has 0 aliphatic carbocycles. The maximum Gasteiger partial charge on any atom is 0.220 e. The molecule has 0 aliphatic rings. The largest absolute Gasteiger partial charge is 0.356 e. The van der Waals surface area contributed by atoms with Crippen molar-refractivity contribution in [3.05, 3.63) is 0 Å². The molecule has 0 heterocycles. The minimum atomic E-state index is 0.190. The predicted molar refractivity (Wildman–Crippen MR) is 68.4 cm³/mol. The molecule has 15 heavy (non-hydrogen) atoms. The lowest BCUT2D eigenvalue weighted by Crippen LogP contribution is -2.25. The Labute approximate surface area is 97.8 Å². The summed E-state index contributed by atoms with van der Waals surface area (Å²) in [7, 11) is 1.91. The van der Waals surface area contributed by atoms with E-state index < -0.39 is 0 Å². The number of unbranched alkanes of at least 4 members (excludes halogenated alkanes) is 2. The molecular formula is C11H24N2OS. The zero-order valence-electron chi connectivity index (χ0n) is 9.97. The van der Waals surface area contributed by atoms with Gasteiger partial charge in [-0.15, -0.1) is 0 Å². The van der Waals surface area contributed by atoms with Crippen molar-refractivity contribution >= 4 is 17.7 Å². The van der Waals surface area contributed by atoms with Gasteiger partial charge in [0.1, 0.15) is 0 Å². The minimum Gasteiger partial charge on any atom is -0.356 e. The maximum absolute atomic E-state index is 11.3. The third-order valence-corrected chi connectivity index (χ3v) is 2.87. The molecule has 0 rings (SSSR count). The second kappa shape index (κ2) is 11.9. The van der Waals surface area contributed by atoms with Gasteiger partial charge in [-0.2, -0.15) is 11.8 Å². The van der Waals surface area contributed by atoms with Crippen molar-refractivity contribution in [2.24, 2.45) is 0 Å². The summed E-state index contributed by atoms with van der Waals surface area (Å²) in [4.78, 5) is 11.3. The van der Waals surface area contributed by atoms with Gasteiger partial charge < -0.3 is 10.6 Å². The van der Waals surface area contributed by atoms with Crippen molar-refractivity contribution in [1.29, 1.82) is 0 Å². The second-order valence-corrected chi connectivity index (χ2v) is 4.60. The SMILES string of the molecule is CNCCCC(=O)NCCCCCSC. The molecule has 0 unspecified atom stereocenters. The van der Waals surface area contributed by atoms with E-state index in [2.05, 4.69) is 16.9 Å². The fraction of sp³-hybridized carbons (Fsp3) is 0.909. The molecule has 0 fully saturated rings. The van der Waals surface area contributed by atoms with Crippen molar-refractivity contribution in [3.63, 3.8) is 0 Å². The smallest absolute Gasteiger partial charge is 0.220 e. The summed E-state index contributed by atoms with van der Waals surface area (Å²) in [5.41, 5.74) is 0. The highest BCUT2D eigenvalue weighted by Crippen LogP contribution is 2.01. The average molecular weight is 232 g/mol. The van der Waals surface area contributed by atoms with Gasteiger partial charge in [-0.05, 0) is 44.9 Å². The van der Waals surface area contributed by atoms with Crippen LogP contribution >= 0.6 is 11.8 Å². The first-order chi connectivity index (χ1) is 7.31. The molecule has 90 valence electrons. The predicted octanol–water partition coefficient (Wildman–Crippen LogP) is 1.64. The van der Waals surface area contributed by atoms with Crippen molar-refractivity contribution in [2.75, 3.05) is 32.1 Å². The summed E-state index contributed by atoms with van der Waals surface area (Å²) >= 11 is 1.89. The highest BCUT2D eigenvalue weighted by molar-refractivity contribution is 7.98. The normalized spacial score (nSPS) is 10.3. The first-order valence-corrected chi connectivity index (χ1v) is 7.11. The number of hydrogen-bond donors (Lipinski definition) is 2. The van der Waals surface area contributed by atoms with Gasteiger partial charge in [0, 0.05) is 13.0 Å². The van der Waals surface area contributed by atoms with E-state index in [0.29, 0.717) is 6.42 Å². The fourth-order valence-corrected chi connectivity index (χ4v) is 1.78. The van der Waals surface area contributed by atoms with Crippen molar-refractivity contribution in [1.82, 2.24) is 10.6 Å². The van der Waals surface area contributed by atoms with Crippen LogP contribution in [0.4, 0.5) is 0 Å².